The third-order valence-corrected chi connectivity index (χ3v) is 2.93. The first kappa shape index (κ1) is 9.35. The Bertz CT molecular complexity index is 456. The first-order valence-corrected chi connectivity index (χ1v) is 6.14. The van der Waals surface area contributed by atoms with Crippen molar-refractivity contribution in [2.75, 3.05) is 6.26 Å². The highest BCUT2D eigenvalue weighted by Gasteiger charge is 2.07. The Morgan fingerprint density at radius 1 is 1.50 bits per heavy atom. The molecule has 0 fully saturated rings. The average molecular weight is 226 g/mol. The van der Waals surface area contributed by atoms with E-state index in [1.165, 1.54) is 23.8 Å². The molecule has 1 unspecified atom stereocenters. The highest BCUT2D eigenvalue weighted by atomic mass is 32.2. The molecular weight excluding hydrogens is 220 g/mol. The minimum atomic E-state index is -1.21. The van der Waals surface area contributed by atoms with Gasteiger partial charge in [0.2, 0.25) is 5.16 Å². The maximum absolute atomic E-state index is 11.1. The summed E-state index contributed by atoms with van der Waals surface area (Å²) in [5.41, 5.74) is 0.611. The summed E-state index contributed by atoms with van der Waals surface area (Å²) >= 11 is 1.46. The van der Waals surface area contributed by atoms with E-state index in [-0.39, 0.29) is 5.16 Å². The van der Waals surface area contributed by atoms with E-state index in [0.717, 1.165) is 5.01 Å². The van der Waals surface area contributed by atoms with Gasteiger partial charge < -0.3 is 0 Å². The van der Waals surface area contributed by atoms with E-state index in [0.29, 0.717) is 5.69 Å². The number of hydrogen-bond donors (Lipinski definition) is 0. The molecule has 0 aromatic carbocycles. The summed E-state index contributed by atoms with van der Waals surface area (Å²) in [5.74, 6) is 0. The molecule has 0 aliphatic carbocycles. The van der Waals surface area contributed by atoms with Gasteiger partial charge >= 0.3 is 0 Å². The molecule has 0 N–H and O–H groups in total. The Labute approximate surface area is 86.7 Å². The van der Waals surface area contributed by atoms with Crippen LogP contribution in [0.4, 0.5) is 0 Å². The topological polar surface area (TPSA) is 68.6 Å². The summed E-state index contributed by atoms with van der Waals surface area (Å²) in [4.78, 5) is 8.17. The Balaban J connectivity index is 2.46. The van der Waals surface area contributed by atoms with Crippen LogP contribution in [0.25, 0.3) is 10.7 Å². The second-order valence-electron chi connectivity index (χ2n) is 2.42. The van der Waals surface area contributed by atoms with Crippen LogP contribution in [0.5, 0.6) is 0 Å². The summed E-state index contributed by atoms with van der Waals surface area (Å²) in [6.07, 6.45) is 4.71. The SMILES string of the molecule is CS(=O)c1nncc(-c2nccs2)n1. The van der Waals surface area contributed by atoms with Crippen LogP contribution in [0.15, 0.2) is 22.9 Å². The van der Waals surface area contributed by atoms with E-state index in [1.54, 1.807) is 6.20 Å². The fourth-order valence-corrected chi connectivity index (χ4v) is 1.84. The maximum Gasteiger partial charge on any atom is 0.239 e. The molecular formula is C7H6N4OS2. The summed E-state index contributed by atoms with van der Waals surface area (Å²) in [5, 5.41) is 10.2. The van der Waals surface area contributed by atoms with Gasteiger partial charge in [0, 0.05) is 17.8 Å². The van der Waals surface area contributed by atoms with Gasteiger partial charge in [-0.3, -0.25) is 4.21 Å². The monoisotopic (exact) mass is 226 g/mol. The second kappa shape index (κ2) is 3.89. The lowest BCUT2D eigenvalue weighted by atomic mass is 10.5. The summed E-state index contributed by atoms with van der Waals surface area (Å²) in [6.45, 7) is 0. The molecule has 2 rings (SSSR count). The van der Waals surface area contributed by atoms with Crippen molar-refractivity contribution in [2.24, 2.45) is 0 Å². The molecule has 14 heavy (non-hydrogen) atoms. The average Bonchev–Trinajstić information content (AvgIpc) is 2.71. The molecule has 5 nitrogen and oxygen atoms in total. The number of thiazole rings is 1. The molecule has 1 atom stereocenters. The molecule has 0 bridgehead atoms. The van der Waals surface area contributed by atoms with Crippen LogP contribution in [0, 0.1) is 0 Å². The van der Waals surface area contributed by atoms with E-state index >= 15 is 0 Å². The van der Waals surface area contributed by atoms with Gasteiger partial charge in [-0.2, -0.15) is 5.10 Å². The first-order chi connectivity index (χ1) is 6.77. The quantitative estimate of drug-likeness (QED) is 0.755. The van der Waals surface area contributed by atoms with Crippen LogP contribution in [0.3, 0.4) is 0 Å². The molecule has 2 aromatic heterocycles. The third kappa shape index (κ3) is 1.83. The van der Waals surface area contributed by atoms with Gasteiger partial charge in [0.15, 0.2) is 0 Å². The van der Waals surface area contributed by atoms with Gasteiger partial charge in [0.05, 0.1) is 17.0 Å². The lowest BCUT2D eigenvalue weighted by Crippen LogP contribution is -2.00. The molecule has 0 radical (unpaired) electrons. The molecule has 0 aliphatic heterocycles. The van der Waals surface area contributed by atoms with Crippen molar-refractivity contribution in [3.05, 3.63) is 17.8 Å². The molecule has 7 heteroatoms. The zero-order chi connectivity index (χ0) is 9.97. The minimum absolute atomic E-state index is 0.234. The molecule has 2 heterocycles. The number of hydrogen-bond acceptors (Lipinski definition) is 6. The Morgan fingerprint density at radius 3 is 3.00 bits per heavy atom. The number of nitrogens with zero attached hydrogens (tertiary/aromatic N) is 4. The highest BCUT2D eigenvalue weighted by Crippen LogP contribution is 2.18. The maximum atomic E-state index is 11.1. The van der Waals surface area contributed by atoms with E-state index in [2.05, 4.69) is 20.2 Å². The zero-order valence-electron chi connectivity index (χ0n) is 7.25. The normalized spacial score (nSPS) is 12.6. The molecule has 0 aliphatic rings. The second-order valence-corrected chi connectivity index (χ2v) is 4.58. The summed E-state index contributed by atoms with van der Waals surface area (Å²) < 4.78 is 11.1. The van der Waals surface area contributed by atoms with Crippen molar-refractivity contribution >= 4 is 22.1 Å². The Kier molecular flexibility index (Phi) is 2.60. The molecule has 0 spiro atoms. The van der Waals surface area contributed by atoms with Crippen molar-refractivity contribution in [1.29, 1.82) is 0 Å². The first-order valence-electron chi connectivity index (χ1n) is 3.70. The number of rotatable bonds is 2. The van der Waals surface area contributed by atoms with Crippen LogP contribution < -0.4 is 0 Å². The van der Waals surface area contributed by atoms with Gasteiger partial charge in [0.25, 0.3) is 0 Å². The van der Waals surface area contributed by atoms with Gasteiger partial charge in [-0.15, -0.1) is 16.4 Å². The summed E-state index contributed by atoms with van der Waals surface area (Å²) in [7, 11) is -1.21. The molecule has 72 valence electrons. The Hall–Kier alpha value is -1.21. The third-order valence-electron chi connectivity index (χ3n) is 1.45. The van der Waals surface area contributed by atoms with E-state index in [9.17, 15) is 4.21 Å². The highest BCUT2D eigenvalue weighted by molar-refractivity contribution is 7.84. The van der Waals surface area contributed by atoms with Crippen molar-refractivity contribution in [3.8, 4) is 10.7 Å². The van der Waals surface area contributed by atoms with Crippen molar-refractivity contribution in [2.45, 2.75) is 5.16 Å². The van der Waals surface area contributed by atoms with Crippen LogP contribution in [-0.4, -0.2) is 30.6 Å². The molecule has 0 amide bonds. The molecule has 0 saturated heterocycles. The fraction of sp³-hybridized carbons (Fsp3) is 0.143. The lowest BCUT2D eigenvalue weighted by molar-refractivity contribution is 0.675. The van der Waals surface area contributed by atoms with E-state index in [1.807, 2.05) is 5.38 Å². The standard InChI is InChI=1S/C7H6N4OS2/c1-14(12)7-10-5(4-9-11-7)6-8-2-3-13-6/h2-4H,1H3. The Morgan fingerprint density at radius 2 is 2.36 bits per heavy atom. The van der Waals surface area contributed by atoms with E-state index < -0.39 is 10.8 Å². The largest absolute Gasteiger partial charge is 0.251 e. The van der Waals surface area contributed by atoms with E-state index in [4.69, 9.17) is 0 Å². The fourth-order valence-electron chi connectivity index (χ4n) is 0.862. The van der Waals surface area contributed by atoms with Gasteiger partial charge in [-0.1, -0.05) is 0 Å². The zero-order valence-corrected chi connectivity index (χ0v) is 8.88. The lowest BCUT2D eigenvalue weighted by Gasteiger charge is -1.95. The van der Waals surface area contributed by atoms with Crippen LogP contribution in [0.1, 0.15) is 0 Å². The van der Waals surface area contributed by atoms with Crippen molar-refractivity contribution < 1.29 is 4.21 Å². The van der Waals surface area contributed by atoms with Gasteiger partial charge in [-0.05, 0) is 0 Å². The van der Waals surface area contributed by atoms with Gasteiger partial charge in [-0.25, -0.2) is 9.97 Å². The van der Waals surface area contributed by atoms with Crippen LogP contribution in [-0.2, 0) is 10.8 Å². The van der Waals surface area contributed by atoms with Crippen LogP contribution in [0.2, 0.25) is 0 Å². The number of aromatic nitrogens is 4. The molecule has 0 saturated carbocycles. The predicted molar refractivity (Wildman–Crippen MR) is 53.3 cm³/mol. The smallest absolute Gasteiger partial charge is 0.239 e. The molecule has 2 aromatic rings. The van der Waals surface area contributed by atoms with Crippen molar-refractivity contribution in [3.63, 3.8) is 0 Å². The summed E-state index contributed by atoms with van der Waals surface area (Å²) in [6, 6.07) is 0. The van der Waals surface area contributed by atoms with Crippen molar-refractivity contribution in [1.82, 2.24) is 20.2 Å². The minimum Gasteiger partial charge on any atom is -0.251 e. The predicted octanol–water partition coefficient (Wildman–Crippen LogP) is 0.733. The van der Waals surface area contributed by atoms with Crippen LogP contribution >= 0.6 is 11.3 Å². The van der Waals surface area contributed by atoms with Gasteiger partial charge in [0.1, 0.15) is 10.7 Å².